The van der Waals surface area contributed by atoms with Crippen molar-refractivity contribution in [3.8, 4) is 5.75 Å². The number of nitrogens with zero attached hydrogens (tertiary/aromatic N) is 2. The Balaban J connectivity index is 1.64. The zero-order chi connectivity index (χ0) is 16.9. The second kappa shape index (κ2) is 7.27. The predicted octanol–water partition coefficient (Wildman–Crippen LogP) is 3.54. The van der Waals surface area contributed by atoms with Crippen molar-refractivity contribution in [2.45, 2.75) is 19.6 Å². The molecule has 7 heteroatoms. The summed E-state index contributed by atoms with van der Waals surface area (Å²) >= 11 is 1.62. The van der Waals surface area contributed by atoms with Gasteiger partial charge in [-0.15, -0.1) is 11.3 Å². The third kappa shape index (κ3) is 3.80. The Morgan fingerprint density at radius 2 is 2.17 bits per heavy atom. The Morgan fingerprint density at radius 3 is 2.92 bits per heavy atom. The van der Waals surface area contributed by atoms with Gasteiger partial charge in [0.15, 0.2) is 17.7 Å². The van der Waals surface area contributed by atoms with Gasteiger partial charge in [0, 0.05) is 10.9 Å². The van der Waals surface area contributed by atoms with Crippen LogP contribution in [-0.4, -0.2) is 21.8 Å². The number of carbonyl (C=O) groups excluding carboxylic acids is 1. The molecule has 0 aliphatic heterocycles. The monoisotopic (exact) mass is 345 g/mol. The molecule has 1 aromatic carbocycles. The molecular weight excluding hydrogens is 329 g/mol. The summed E-state index contributed by atoms with van der Waals surface area (Å²) in [6.45, 7) is 2.14. The SMILES string of the molecule is C[C@H](Oc1ccccc1F)C(=O)Nc1ccnn1Cc1cccs1. The van der Waals surface area contributed by atoms with Crippen molar-refractivity contribution in [2.75, 3.05) is 5.32 Å². The number of benzene rings is 1. The number of carbonyl (C=O) groups is 1. The van der Waals surface area contributed by atoms with Crippen molar-refractivity contribution >= 4 is 23.1 Å². The Morgan fingerprint density at radius 1 is 1.33 bits per heavy atom. The lowest BCUT2D eigenvalue weighted by Gasteiger charge is -2.15. The normalized spacial score (nSPS) is 11.9. The van der Waals surface area contributed by atoms with Crippen molar-refractivity contribution in [1.82, 2.24) is 9.78 Å². The molecular formula is C17H16FN3O2S. The molecule has 0 saturated carbocycles. The van der Waals surface area contributed by atoms with Crippen molar-refractivity contribution in [3.05, 3.63) is 64.7 Å². The second-order valence-corrected chi connectivity index (χ2v) is 6.17. The topological polar surface area (TPSA) is 56.1 Å². The quantitative estimate of drug-likeness (QED) is 0.743. The van der Waals surface area contributed by atoms with Crippen LogP contribution in [0.1, 0.15) is 11.8 Å². The highest BCUT2D eigenvalue weighted by molar-refractivity contribution is 7.09. The number of halogens is 1. The van der Waals surface area contributed by atoms with E-state index in [1.54, 1.807) is 47.3 Å². The molecule has 0 aliphatic rings. The lowest BCUT2D eigenvalue weighted by atomic mass is 10.3. The first-order valence-electron chi connectivity index (χ1n) is 7.40. The maximum Gasteiger partial charge on any atom is 0.266 e. The van der Waals surface area contributed by atoms with E-state index in [0.717, 1.165) is 4.88 Å². The lowest BCUT2D eigenvalue weighted by molar-refractivity contribution is -0.122. The number of aromatic nitrogens is 2. The fourth-order valence-electron chi connectivity index (χ4n) is 2.13. The molecule has 1 atom stereocenters. The van der Waals surface area contributed by atoms with E-state index in [1.807, 2.05) is 17.5 Å². The molecule has 124 valence electrons. The molecule has 3 rings (SSSR count). The summed E-state index contributed by atoms with van der Waals surface area (Å²) in [4.78, 5) is 13.4. The van der Waals surface area contributed by atoms with Crippen LogP contribution in [-0.2, 0) is 11.3 Å². The molecule has 1 amide bonds. The van der Waals surface area contributed by atoms with Gasteiger partial charge in [-0.25, -0.2) is 9.07 Å². The molecule has 0 radical (unpaired) electrons. The fourth-order valence-corrected chi connectivity index (χ4v) is 2.81. The van der Waals surface area contributed by atoms with E-state index in [0.29, 0.717) is 12.4 Å². The highest BCUT2D eigenvalue weighted by Gasteiger charge is 2.18. The second-order valence-electron chi connectivity index (χ2n) is 5.13. The maximum absolute atomic E-state index is 13.6. The summed E-state index contributed by atoms with van der Waals surface area (Å²) in [5.41, 5.74) is 0. The van der Waals surface area contributed by atoms with Gasteiger partial charge >= 0.3 is 0 Å². The van der Waals surface area contributed by atoms with Crippen LogP contribution < -0.4 is 10.1 Å². The molecule has 0 aliphatic carbocycles. The summed E-state index contributed by atoms with van der Waals surface area (Å²) in [5, 5.41) is 8.96. The standard InChI is InChI=1S/C17H16FN3O2S/c1-12(23-15-7-3-2-6-14(15)18)17(22)20-16-8-9-19-21(16)11-13-5-4-10-24-13/h2-10,12H,11H2,1H3,(H,20,22)/t12-/m0/s1. The number of hydrogen-bond donors (Lipinski definition) is 1. The van der Waals surface area contributed by atoms with E-state index in [1.165, 1.54) is 12.1 Å². The van der Waals surface area contributed by atoms with Gasteiger partial charge in [0.25, 0.3) is 5.91 Å². The molecule has 0 unspecified atom stereocenters. The van der Waals surface area contributed by atoms with Gasteiger partial charge in [-0.05, 0) is 30.5 Å². The minimum absolute atomic E-state index is 0.0484. The zero-order valence-corrected chi connectivity index (χ0v) is 13.8. The van der Waals surface area contributed by atoms with Gasteiger partial charge < -0.3 is 10.1 Å². The summed E-state index contributed by atoms with van der Waals surface area (Å²) in [7, 11) is 0. The molecule has 0 bridgehead atoms. The van der Waals surface area contributed by atoms with E-state index >= 15 is 0 Å². The lowest BCUT2D eigenvalue weighted by Crippen LogP contribution is -2.31. The first-order chi connectivity index (χ1) is 11.6. The van der Waals surface area contributed by atoms with Crippen molar-refractivity contribution < 1.29 is 13.9 Å². The summed E-state index contributed by atoms with van der Waals surface area (Å²) < 4.78 is 20.7. The third-order valence-corrected chi connectivity index (χ3v) is 4.22. The number of rotatable bonds is 6. The molecule has 2 heterocycles. The van der Waals surface area contributed by atoms with Crippen LogP contribution in [0.2, 0.25) is 0 Å². The van der Waals surface area contributed by atoms with Crippen LogP contribution >= 0.6 is 11.3 Å². The van der Waals surface area contributed by atoms with Crippen LogP contribution in [0.15, 0.2) is 54.0 Å². The number of hydrogen-bond acceptors (Lipinski definition) is 4. The number of para-hydroxylation sites is 1. The van der Waals surface area contributed by atoms with Gasteiger partial charge in [-0.1, -0.05) is 18.2 Å². The average Bonchev–Trinajstić information content (AvgIpc) is 3.22. The first kappa shape index (κ1) is 16.2. The number of anilines is 1. The maximum atomic E-state index is 13.6. The number of thiophene rings is 1. The van der Waals surface area contributed by atoms with Crippen molar-refractivity contribution in [1.29, 1.82) is 0 Å². The fraction of sp³-hybridized carbons (Fsp3) is 0.176. The Kier molecular flexibility index (Phi) is 4.90. The zero-order valence-electron chi connectivity index (χ0n) is 13.0. The van der Waals surface area contributed by atoms with Crippen LogP contribution in [0.3, 0.4) is 0 Å². The summed E-state index contributed by atoms with van der Waals surface area (Å²) in [6.07, 6.45) is 0.776. The van der Waals surface area contributed by atoms with Gasteiger partial charge in [-0.2, -0.15) is 5.10 Å². The molecule has 0 saturated heterocycles. The van der Waals surface area contributed by atoms with Gasteiger partial charge in [0.05, 0.1) is 12.7 Å². The largest absolute Gasteiger partial charge is 0.478 e. The molecule has 2 aromatic heterocycles. The minimum atomic E-state index is -0.841. The van der Waals surface area contributed by atoms with E-state index in [9.17, 15) is 9.18 Å². The van der Waals surface area contributed by atoms with Crippen molar-refractivity contribution in [2.24, 2.45) is 0 Å². The molecule has 3 aromatic rings. The van der Waals surface area contributed by atoms with E-state index < -0.39 is 11.9 Å². The van der Waals surface area contributed by atoms with E-state index in [4.69, 9.17) is 4.74 Å². The number of amides is 1. The first-order valence-corrected chi connectivity index (χ1v) is 8.27. The molecule has 5 nitrogen and oxygen atoms in total. The highest BCUT2D eigenvalue weighted by atomic mass is 32.1. The number of nitrogens with one attached hydrogen (secondary N) is 1. The minimum Gasteiger partial charge on any atom is -0.478 e. The summed E-state index contributed by atoms with van der Waals surface area (Å²) in [6, 6.07) is 11.7. The van der Waals surface area contributed by atoms with Gasteiger partial charge in [0.1, 0.15) is 5.82 Å². The Hall–Kier alpha value is -2.67. The molecule has 0 spiro atoms. The highest BCUT2D eigenvalue weighted by Crippen LogP contribution is 2.18. The average molecular weight is 345 g/mol. The number of ether oxygens (including phenoxy) is 1. The molecule has 0 fully saturated rings. The Bertz CT molecular complexity index is 817. The smallest absolute Gasteiger partial charge is 0.266 e. The molecule has 24 heavy (non-hydrogen) atoms. The van der Waals surface area contributed by atoms with Crippen LogP contribution in [0.5, 0.6) is 5.75 Å². The van der Waals surface area contributed by atoms with Crippen LogP contribution in [0.4, 0.5) is 10.2 Å². The Labute approximate surface area is 142 Å². The summed E-state index contributed by atoms with van der Waals surface area (Å²) in [5.74, 6) is -0.254. The van der Waals surface area contributed by atoms with Gasteiger partial charge in [-0.3, -0.25) is 4.79 Å². The van der Waals surface area contributed by atoms with E-state index in [2.05, 4.69) is 10.4 Å². The van der Waals surface area contributed by atoms with E-state index in [-0.39, 0.29) is 11.7 Å². The molecule has 1 N–H and O–H groups in total. The van der Waals surface area contributed by atoms with Crippen LogP contribution in [0.25, 0.3) is 0 Å². The predicted molar refractivity (Wildman–Crippen MR) is 90.8 cm³/mol. The third-order valence-electron chi connectivity index (χ3n) is 3.36. The van der Waals surface area contributed by atoms with Gasteiger partial charge in [0.2, 0.25) is 0 Å². The van der Waals surface area contributed by atoms with Crippen LogP contribution in [0, 0.1) is 5.82 Å². The van der Waals surface area contributed by atoms with Crippen molar-refractivity contribution in [3.63, 3.8) is 0 Å².